The lowest BCUT2D eigenvalue weighted by molar-refractivity contribution is -0.129. The summed E-state index contributed by atoms with van der Waals surface area (Å²) < 4.78 is 2.45. The second-order valence-corrected chi connectivity index (χ2v) is 6.19. The van der Waals surface area contributed by atoms with E-state index in [9.17, 15) is 14.4 Å². The van der Waals surface area contributed by atoms with Crippen molar-refractivity contribution in [1.82, 2.24) is 14.6 Å². The molecule has 26 heavy (non-hydrogen) atoms. The summed E-state index contributed by atoms with van der Waals surface area (Å²) in [6.07, 6.45) is -0.123. The molecule has 0 aliphatic carbocycles. The smallest absolute Gasteiger partial charge is 0.293 e. The highest BCUT2D eigenvalue weighted by molar-refractivity contribution is 6.31. The molecule has 0 fully saturated rings. The summed E-state index contributed by atoms with van der Waals surface area (Å²) in [4.78, 5) is 37.1. The number of nitrogens with one attached hydrogen (secondary N) is 1. The van der Waals surface area contributed by atoms with Gasteiger partial charge >= 0.3 is 5.69 Å². The van der Waals surface area contributed by atoms with Gasteiger partial charge in [0.15, 0.2) is 0 Å². The summed E-state index contributed by atoms with van der Waals surface area (Å²) >= 11 is 6.01. The Morgan fingerprint density at radius 2 is 1.81 bits per heavy atom. The summed E-state index contributed by atoms with van der Waals surface area (Å²) in [6, 6.07) is 13.8. The highest BCUT2D eigenvalue weighted by Crippen LogP contribution is 2.16. The Balaban J connectivity index is 2.19. The third kappa shape index (κ3) is 3.54. The fraction of sp³-hybridized carbons (Fsp3) is 0.167. The highest BCUT2D eigenvalue weighted by atomic mass is 35.5. The van der Waals surface area contributed by atoms with Crippen molar-refractivity contribution in [3.05, 3.63) is 80.0 Å². The van der Waals surface area contributed by atoms with E-state index in [1.165, 1.54) is 16.1 Å². The lowest BCUT2D eigenvalue weighted by atomic mass is 10.2. The quantitative estimate of drug-likeness (QED) is 0.526. The van der Waals surface area contributed by atoms with Gasteiger partial charge in [-0.25, -0.2) is 10.3 Å². The van der Waals surface area contributed by atoms with E-state index in [0.717, 1.165) is 10.1 Å². The van der Waals surface area contributed by atoms with Crippen molar-refractivity contribution in [1.29, 1.82) is 0 Å². The van der Waals surface area contributed by atoms with Crippen LogP contribution in [0.3, 0.4) is 0 Å². The molecule has 8 heteroatoms. The molecule has 0 radical (unpaired) electrons. The first-order chi connectivity index (χ1) is 12.5. The lowest BCUT2D eigenvalue weighted by Crippen LogP contribution is -2.41. The summed E-state index contributed by atoms with van der Waals surface area (Å²) in [6.45, 7) is 0.112. The first kappa shape index (κ1) is 17.9. The summed E-state index contributed by atoms with van der Waals surface area (Å²) in [5.41, 5.74) is 1.72. The molecule has 0 saturated carbocycles. The normalized spacial score (nSPS) is 10.8. The number of hydroxylamine groups is 1. The predicted molar refractivity (Wildman–Crippen MR) is 97.6 cm³/mol. The Morgan fingerprint density at radius 3 is 2.50 bits per heavy atom. The molecule has 1 heterocycles. The van der Waals surface area contributed by atoms with E-state index >= 15 is 0 Å². The monoisotopic (exact) mass is 373 g/mol. The number of nitrogens with zero attached hydrogens (tertiary/aromatic N) is 2. The van der Waals surface area contributed by atoms with Gasteiger partial charge in [0, 0.05) is 18.0 Å². The summed E-state index contributed by atoms with van der Waals surface area (Å²) in [7, 11) is 0. The number of hydrogen-bond donors (Lipinski definition) is 2. The molecule has 134 valence electrons. The van der Waals surface area contributed by atoms with Crippen molar-refractivity contribution in [2.24, 2.45) is 0 Å². The molecular weight excluding hydrogens is 358 g/mol. The number of carbonyl (C=O) groups excluding carboxylic acids is 1. The van der Waals surface area contributed by atoms with E-state index in [1.807, 2.05) is 30.3 Å². The molecule has 2 N–H and O–H groups in total. The first-order valence-electron chi connectivity index (χ1n) is 7.91. The molecule has 3 aromatic rings. The van der Waals surface area contributed by atoms with Gasteiger partial charge in [0.1, 0.15) is 0 Å². The van der Waals surface area contributed by atoms with Crippen molar-refractivity contribution in [3.8, 4) is 0 Å². The number of aromatic nitrogens is 2. The minimum atomic E-state index is -0.632. The Morgan fingerprint density at radius 1 is 1.08 bits per heavy atom. The van der Waals surface area contributed by atoms with Gasteiger partial charge in [-0.2, -0.15) is 0 Å². The molecule has 0 saturated heterocycles. The van der Waals surface area contributed by atoms with Gasteiger partial charge in [-0.1, -0.05) is 41.9 Å². The maximum absolute atomic E-state index is 12.9. The largest absolute Gasteiger partial charge is 0.331 e. The average molecular weight is 374 g/mol. The zero-order valence-electron chi connectivity index (χ0n) is 13.7. The number of fused-ring (bicyclic) bond motifs is 1. The molecule has 0 bridgehead atoms. The molecule has 2 aromatic carbocycles. The van der Waals surface area contributed by atoms with Gasteiger partial charge < -0.3 is 0 Å². The molecule has 1 aromatic heterocycles. The zero-order valence-corrected chi connectivity index (χ0v) is 14.4. The van der Waals surface area contributed by atoms with Gasteiger partial charge in [0.2, 0.25) is 5.91 Å². The van der Waals surface area contributed by atoms with Crippen LogP contribution in [0.5, 0.6) is 0 Å². The van der Waals surface area contributed by atoms with Crippen LogP contribution in [0.25, 0.3) is 10.9 Å². The van der Waals surface area contributed by atoms with Crippen molar-refractivity contribution in [2.75, 3.05) is 0 Å². The van der Waals surface area contributed by atoms with Crippen molar-refractivity contribution in [2.45, 2.75) is 19.5 Å². The van der Waals surface area contributed by atoms with E-state index in [0.29, 0.717) is 15.9 Å². The van der Waals surface area contributed by atoms with Gasteiger partial charge in [0.05, 0.1) is 17.4 Å². The number of hydrogen-bond acceptors (Lipinski definition) is 4. The van der Waals surface area contributed by atoms with Crippen LogP contribution >= 0.6 is 11.6 Å². The van der Waals surface area contributed by atoms with E-state index in [1.54, 1.807) is 12.1 Å². The standard InChI is InChI=1S/C18H16ClN3O4/c19-13-6-7-14-15(10-13)21(9-8-16(23)20-26)18(25)22(17(14)24)11-12-4-2-1-3-5-12/h1-7,10,26H,8-9,11H2,(H,20,23). The number of rotatable bonds is 5. The Kier molecular flexibility index (Phi) is 5.20. The number of benzene rings is 2. The molecule has 0 spiro atoms. The topological polar surface area (TPSA) is 93.3 Å². The van der Waals surface area contributed by atoms with Crippen molar-refractivity contribution >= 4 is 28.4 Å². The van der Waals surface area contributed by atoms with Gasteiger partial charge in [-0.15, -0.1) is 0 Å². The molecule has 3 rings (SSSR count). The van der Waals surface area contributed by atoms with Crippen molar-refractivity contribution in [3.63, 3.8) is 0 Å². The minimum absolute atomic E-state index is 0.00284. The van der Waals surface area contributed by atoms with Gasteiger partial charge in [-0.3, -0.25) is 23.9 Å². The van der Waals surface area contributed by atoms with Crippen LogP contribution in [0.1, 0.15) is 12.0 Å². The Hall–Kier alpha value is -2.90. The van der Waals surface area contributed by atoms with E-state index < -0.39 is 17.2 Å². The summed E-state index contributed by atoms with van der Waals surface area (Å²) in [5, 5.41) is 9.37. The number of carbonyl (C=O) groups is 1. The number of amides is 1. The second kappa shape index (κ2) is 7.55. The van der Waals surface area contributed by atoms with E-state index in [2.05, 4.69) is 0 Å². The molecule has 0 aliphatic rings. The third-order valence-corrected chi connectivity index (χ3v) is 4.29. The van der Waals surface area contributed by atoms with E-state index in [-0.39, 0.29) is 19.5 Å². The highest BCUT2D eigenvalue weighted by Gasteiger charge is 2.15. The fourth-order valence-corrected chi connectivity index (χ4v) is 2.95. The summed E-state index contributed by atoms with van der Waals surface area (Å²) in [5.74, 6) is -0.632. The first-order valence-corrected chi connectivity index (χ1v) is 8.29. The molecule has 0 aliphatic heterocycles. The van der Waals surface area contributed by atoms with Crippen LogP contribution < -0.4 is 16.7 Å². The number of halogens is 1. The van der Waals surface area contributed by atoms with E-state index in [4.69, 9.17) is 16.8 Å². The van der Waals surface area contributed by atoms with Crippen LogP contribution in [0, 0.1) is 0 Å². The van der Waals surface area contributed by atoms with Crippen LogP contribution in [-0.4, -0.2) is 20.2 Å². The average Bonchev–Trinajstić information content (AvgIpc) is 2.65. The number of aryl methyl sites for hydroxylation is 1. The lowest BCUT2D eigenvalue weighted by Gasteiger charge is -2.14. The maximum atomic E-state index is 12.9. The predicted octanol–water partition coefficient (Wildman–Crippen LogP) is 1.76. The Bertz CT molecular complexity index is 1070. The minimum Gasteiger partial charge on any atom is -0.293 e. The SMILES string of the molecule is O=C(CCn1c(=O)n(Cc2ccccc2)c(=O)c2ccc(Cl)cc21)NO. The van der Waals surface area contributed by atoms with Crippen LogP contribution in [-0.2, 0) is 17.9 Å². The molecule has 1 amide bonds. The van der Waals surface area contributed by atoms with Crippen LogP contribution in [0.4, 0.5) is 0 Å². The Labute approximate surface area is 153 Å². The molecule has 7 nitrogen and oxygen atoms in total. The molecule has 0 atom stereocenters. The van der Waals surface area contributed by atoms with Gasteiger partial charge in [0.25, 0.3) is 5.56 Å². The molecular formula is C18H16ClN3O4. The maximum Gasteiger partial charge on any atom is 0.331 e. The third-order valence-electron chi connectivity index (χ3n) is 4.06. The van der Waals surface area contributed by atoms with Gasteiger partial charge in [-0.05, 0) is 23.8 Å². The fourth-order valence-electron chi connectivity index (χ4n) is 2.78. The van der Waals surface area contributed by atoms with Crippen LogP contribution in [0.2, 0.25) is 5.02 Å². The zero-order chi connectivity index (χ0) is 18.7. The van der Waals surface area contributed by atoms with Crippen LogP contribution in [0.15, 0.2) is 58.1 Å². The second-order valence-electron chi connectivity index (χ2n) is 5.76. The molecule has 0 unspecified atom stereocenters. The van der Waals surface area contributed by atoms with Crippen molar-refractivity contribution < 1.29 is 10.0 Å².